The van der Waals surface area contributed by atoms with Crippen molar-refractivity contribution in [1.82, 2.24) is 0 Å². The van der Waals surface area contributed by atoms with Crippen molar-refractivity contribution in [2.45, 2.75) is 20.3 Å². The molecule has 3 heteroatoms. The number of rotatable bonds is 4. The van der Waals surface area contributed by atoms with Crippen molar-refractivity contribution in [3.8, 4) is 11.5 Å². The summed E-state index contributed by atoms with van der Waals surface area (Å²) in [6.45, 7) is 4.32. The van der Waals surface area contributed by atoms with E-state index in [2.05, 4.69) is 13.8 Å². The predicted octanol–water partition coefficient (Wildman–Crippen LogP) is 2.48. The summed E-state index contributed by atoms with van der Waals surface area (Å²) in [5.41, 5.74) is 7.50. The fourth-order valence-electron chi connectivity index (χ4n) is 1.61. The normalized spacial score (nSPS) is 10.5. The van der Waals surface area contributed by atoms with Crippen LogP contribution in [0.3, 0.4) is 0 Å². The van der Waals surface area contributed by atoms with Gasteiger partial charge >= 0.3 is 0 Å². The fourth-order valence-corrected chi connectivity index (χ4v) is 1.61. The molecule has 0 unspecified atom stereocenters. The van der Waals surface area contributed by atoms with Gasteiger partial charge in [0.15, 0.2) is 0 Å². The Kier molecular flexibility index (Phi) is 3.83. The lowest BCUT2D eigenvalue weighted by molar-refractivity contribution is 0.381. The molecule has 0 heterocycles. The number of nitrogen functional groups attached to an aromatic ring is 1. The van der Waals surface area contributed by atoms with Gasteiger partial charge in [0, 0.05) is 23.4 Å². The van der Waals surface area contributed by atoms with E-state index in [0.29, 0.717) is 11.6 Å². The SMILES string of the molecule is COc1cc(N)cc(OC)c1CC(C)C. The molecule has 3 nitrogen and oxygen atoms in total. The van der Waals surface area contributed by atoms with Gasteiger partial charge in [0.2, 0.25) is 0 Å². The maximum absolute atomic E-state index is 5.75. The van der Waals surface area contributed by atoms with Gasteiger partial charge in [-0.25, -0.2) is 0 Å². The van der Waals surface area contributed by atoms with Crippen LogP contribution in [0.2, 0.25) is 0 Å². The smallest absolute Gasteiger partial charge is 0.127 e. The van der Waals surface area contributed by atoms with Gasteiger partial charge in [-0.3, -0.25) is 0 Å². The van der Waals surface area contributed by atoms with Gasteiger partial charge in [0.1, 0.15) is 11.5 Å². The van der Waals surface area contributed by atoms with Gasteiger partial charge in [-0.15, -0.1) is 0 Å². The summed E-state index contributed by atoms with van der Waals surface area (Å²) in [7, 11) is 3.30. The van der Waals surface area contributed by atoms with Crippen LogP contribution in [-0.2, 0) is 6.42 Å². The molecule has 0 spiro atoms. The molecule has 0 atom stereocenters. The Bertz CT molecular complexity index is 309. The lowest BCUT2D eigenvalue weighted by Gasteiger charge is -2.15. The van der Waals surface area contributed by atoms with Gasteiger partial charge in [0.25, 0.3) is 0 Å². The van der Waals surface area contributed by atoms with Crippen LogP contribution in [0.25, 0.3) is 0 Å². The van der Waals surface area contributed by atoms with Crippen LogP contribution >= 0.6 is 0 Å². The number of nitrogens with two attached hydrogens (primary N) is 1. The molecule has 2 N–H and O–H groups in total. The first kappa shape index (κ1) is 11.7. The number of methoxy groups -OCH3 is 2. The van der Waals surface area contributed by atoms with Crippen LogP contribution < -0.4 is 15.2 Å². The van der Waals surface area contributed by atoms with E-state index in [9.17, 15) is 0 Å². The number of ether oxygens (including phenoxy) is 2. The molecule has 1 rings (SSSR count). The number of hydrogen-bond acceptors (Lipinski definition) is 3. The highest BCUT2D eigenvalue weighted by Gasteiger charge is 2.12. The average Bonchev–Trinajstić information content (AvgIpc) is 2.19. The van der Waals surface area contributed by atoms with Gasteiger partial charge in [-0.2, -0.15) is 0 Å². The van der Waals surface area contributed by atoms with Crippen LogP contribution in [0.15, 0.2) is 12.1 Å². The maximum atomic E-state index is 5.75. The van der Waals surface area contributed by atoms with Crippen molar-refractivity contribution in [1.29, 1.82) is 0 Å². The lowest BCUT2D eigenvalue weighted by atomic mass is 10.0. The molecule has 0 aliphatic rings. The number of anilines is 1. The first-order valence-electron chi connectivity index (χ1n) is 5.08. The first-order valence-corrected chi connectivity index (χ1v) is 5.08. The van der Waals surface area contributed by atoms with E-state index in [1.807, 2.05) is 12.1 Å². The van der Waals surface area contributed by atoms with E-state index in [1.54, 1.807) is 14.2 Å². The van der Waals surface area contributed by atoms with Crippen molar-refractivity contribution < 1.29 is 9.47 Å². The highest BCUT2D eigenvalue weighted by molar-refractivity contribution is 5.56. The largest absolute Gasteiger partial charge is 0.496 e. The van der Waals surface area contributed by atoms with E-state index in [0.717, 1.165) is 23.5 Å². The Morgan fingerprint density at radius 1 is 1.13 bits per heavy atom. The van der Waals surface area contributed by atoms with Crippen molar-refractivity contribution in [3.63, 3.8) is 0 Å². The fraction of sp³-hybridized carbons (Fsp3) is 0.500. The number of benzene rings is 1. The molecule has 1 aromatic carbocycles. The summed E-state index contributed by atoms with van der Waals surface area (Å²) in [5.74, 6) is 2.16. The molecule has 0 saturated heterocycles. The summed E-state index contributed by atoms with van der Waals surface area (Å²) in [5, 5.41) is 0. The zero-order chi connectivity index (χ0) is 11.4. The monoisotopic (exact) mass is 209 g/mol. The van der Waals surface area contributed by atoms with Crippen molar-refractivity contribution in [3.05, 3.63) is 17.7 Å². The molecule has 84 valence electrons. The minimum absolute atomic E-state index is 0.552. The lowest BCUT2D eigenvalue weighted by Crippen LogP contribution is -2.02. The Morgan fingerprint density at radius 2 is 1.60 bits per heavy atom. The van der Waals surface area contributed by atoms with Gasteiger partial charge < -0.3 is 15.2 Å². The van der Waals surface area contributed by atoms with Crippen LogP contribution in [0, 0.1) is 5.92 Å². The van der Waals surface area contributed by atoms with E-state index in [4.69, 9.17) is 15.2 Å². The summed E-state index contributed by atoms with van der Waals surface area (Å²) in [4.78, 5) is 0. The summed E-state index contributed by atoms with van der Waals surface area (Å²) >= 11 is 0. The summed E-state index contributed by atoms with van der Waals surface area (Å²) in [6.07, 6.45) is 0.923. The molecule has 1 aromatic rings. The first-order chi connectivity index (χ1) is 7.08. The number of hydrogen-bond donors (Lipinski definition) is 1. The predicted molar refractivity (Wildman–Crippen MR) is 62.5 cm³/mol. The van der Waals surface area contributed by atoms with E-state index >= 15 is 0 Å². The molecule has 0 aliphatic heterocycles. The Hall–Kier alpha value is -1.38. The molecule has 0 fully saturated rings. The van der Waals surface area contributed by atoms with Gasteiger partial charge in [-0.1, -0.05) is 13.8 Å². The van der Waals surface area contributed by atoms with Crippen LogP contribution in [0.4, 0.5) is 5.69 Å². The van der Waals surface area contributed by atoms with Crippen molar-refractivity contribution >= 4 is 5.69 Å². The Balaban J connectivity index is 3.18. The standard InChI is InChI=1S/C12H19NO2/c1-8(2)5-10-11(14-3)6-9(13)7-12(10)15-4/h6-8H,5,13H2,1-4H3. The van der Waals surface area contributed by atoms with Crippen molar-refractivity contribution in [2.24, 2.45) is 5.92 Å². The minimum atomic E-state index is 0.552. The molecular weight excluding hydrogens is 190 g/mol. The molecule has 0 saturated carbocycles. The zero-order valence-corrected chi connectivity index (χ0v) is 9.83. The van der Waals surface area contributed by atoms with Crippen LogP contribution in [0.1, 0.15) is 19.4 Å². The Morgan fingerprint density at radius 3 is 1.93 bits per heavy atom. The third kappa shape index (κ3) is 2.78. The molecule has 0 radical (unpaired) electrons. The van der Waals surface area contributed by atoms with Gasteiger partial charge in [0.05, 0.1) is 14.2 Å². The second kappa shape index (κ2) is 4.91. The molecule has 0 aromatic heterocycles. The van der Waals surface area contributed by atoms with Crippen LogP contribution in [0.5, 0.6) is 11.5 Å². The third-order valence-corrected chi connectivity index (χ3v) is 2.24. The van der Waals surface area contributed by atoms with E-state index < -0.39 is 0 Å². The van der Waals surface area contributed by atoms with E-state index in [-0.39, 0.29) is 0 Å². The molecule has 0 aliphatic carbocycles. The van der Waals surface area contributed by atoms with Crippen LogP contribution in [-0.4, -0.2) is 14.2 Å². The second-order valence-electron chi connectivity index (χ2n) is 4.00. The quantitative estimate of drug-likeness (QED) is 0.775. The summed E-state index contributed by atoms with van der Waals surface area (Å²) in [6, 6.07) is 3.67. The average molecular weight is 209 g/mol. The summed E-state index contributed by atoms with van der Waals surface area (Å²) < 4.78 is 10.6. The molecular formula is C12H19NO2. The van der Waals surface area contributed by atoms with Gasteiger partial charge in [-0.05, 0) is 12.3 Å². The second-order valence-corrected chi connectivity index (χ2v) is 4.00. The highest BCUT2D eigenvalue weighted by atomic mass is 16.5. The third-order valence-electron chi connectivity index (χ3n) is 2.24. The topological polar surface area (TPSA) is 44.5 Å². The molecule has 15 heavy (non-hydrogen) atoms. The maximum Gasteiger partial charge on any atom is 0.127 e. The zero-order valence-electron chi connectivity index (χ0n) is 9.83. The Labute approximate surface area is 91.2 Å². The molecule has 0 amide bonds. The molecule has 0 bridgehead atoms. The van der Waals surface area contributed by atoms with E-state index in [1.165, 1.54) is 0 Å². The van der Waals surface area contributed by atoms with Crippen molar-refractivity contribution in [2.75, 3.05) is 20.0 Å². The highest BCUT2D eigenvalue weighted by Crippen LogP contribution is 2.33. The minimum Gasteiger partial charge on any atom is -0.496 e.